The summed E-state index contributed by atoms with van der Waals surface area (Å²) in [6.45, 7) is 0. The first-order valence-corrected chi connectivity index (χ1v) is 34.1. The predicted octanol–water partition coefficient (Wildman–Crippen LogP) is 14.6. The number of anilines is 6. The van der Waals surface area contributed by atoms with Crippen molar-refractivity contribution in [1.29, 1.82) is 0 Å². The van der Waals surface area contributed by atoms with Crippen LogP contribution < -0.4 is 27.4 Å². The van der Waals surface area contributed by atoms with Crippen molar-refractivity contribution in [3.63, 3.8) is 0 Å². The fourth-order valence-corrected chi connectivity index (χ4v) is 22.9. The minimum absolute atomic E-state index is 0.779. The zero-order valence-corrected chi connectivity index (χ0v) is 43.5. The number of rotatable bonds is 6. The van der Waals surface area contributed by atoms with Gasteiger partial charge in [-0.05, 0) is 0 Å². The molecule has 2 atom stereocenters. The Bertz CT molecular complexity index is 4030. The molecule has 0 spiro atoms. The van der Waals surface area contributed by atoms with E-state index in [1.54, 1.807) is 17.6 Å². The second-order valence-corrected chi connectivity index (χ2v) is 30.6. The van der Waals surface area contributed by atoms with E-state index in [0.29, 0.717) is 0 Å². The van der Waals surface area contributed by atoms with Gasteiger partial charge in [0.05, 0.1) is 0 Å². The van der Waals surface area contributed by atoms with Crippen LogP contribution in [0, 0.1) is 0 Å². The molecule has 2 aliphatic heterocycles. The van der Waals surface area contributed by atoms with Gasteiger partial charge < -0.3 is 0 Å². The summed E-state index contributed by atoms with van der Waals surface area (Å²) in [5, 5.41) is 8.86. The first-order chi connectivity index (χ1) is 34.5. The molecule has 4 heterocycles. The maximum absolute atomic E-state index is 6.87. The summed E-state index contributed by atoms with van der Waals surface area (Å²) in [7, 11) is 0. The van der Waals surface area contributed by atoms with Crippen LogP contribution in [0.4, 0.5) is 34.1 Å². The summed E-state index contributed by atoms with van der Waals surface area (Å²) < 4.78 is 20.0. The van der Waals surface area contributed by atoms with E-state index in [0.717, 1.165) is 77.4 Å². The molecular weight excluding hydrogens is 974 g/mol. The van der Waals surface area contributed by atoms with Gasteiger partial charge in [-0.2, -0.15) is 0 Å². The summed E-state index contributed by atoms with van der Waals surface area (Å²) in [6.07, 6.45) is 0. The van der Waals surface area contributed by atoms with Crippen LogP contribution in [0.15, 0.2) is 227 Å². The Morgan fingerprint density at radius 2 is 0.671 bits per heavy atom. The average Bonchev–Trinajstić information content (AvgIpc) is 4.13. The molecule has 0 N–H and O–H groups in total. The van der Waals surface area contributed by atoms with Crippen LogP contribution in [0.1, 0.15) is 0 Å². The molecule has 4 nitrogen and oxygen atoms in total. The molecule has 6 heteroatoms. The van der Waals surface area contributed by atoms with Gasteiger partial charge in [-0.1, -0.05) is 0 Å². The van der Waals surface area contributed by atoms with Crippen LogP contribution in [0.2, 0.25) is 11.5 Å². The summed E-state index contributed by atoms with van der Waals surface area (Å²) in [5.41, 5.74) is 15.8. The Morgan fingerprint density at radius 1 is 0.286 bits per heavy atom. The molecule has 13 aromatic rings. The van der Waals surface area contributed by atoms with Gasteiger partial charge in [0.1, 0.15) is 0 Å². The summed E-state index contributed by atoms with van der Waals surface area (Å²) >= 11 is -3.77. The fraction of sp³-hybridized carbons (Fsp3) is 0.0312. The van der Waals surface area contributed by atoms with Crippen LogP contribution >= 0.6 is 0 Å². The standard InChI is InChI=1S/C64H44Ge2N2O2/c1-65-57-19-11-9-17-49(57)51-27-25-47(37-59(51)65)67(43-13-5-3-6-14-43)45-23-21-39-33-55-53-29-30-54-56-34-40-22-24-46(32-42(40)36-62(56)70-64(54)63(53)69-61(55)35-41(39)31-45)68(44-15-7-4-8-16-44)48-26-28-52-50-18-10-12-20-58(50)66(2)60(52)38-48/h3-38,65-66H,1-2H3. The molecule has 330 valence electrons. The Balaban J connectivity index is 0.820. The number of nitrogens with zero attached hydrogens (tertiary/aromatic N) is 2. The maximum atomic E-state index is 6.87. The Hall–Kier alpha value is -7.77. The van der Waals surface area contributed by atoms with Crippen molar-refractivity contribution in [3.8, 4) is 22.3 Å². The second kappa shape index (κ2) is 15.4. The first-order valence-electron chi connectivity index (χ1n) is 24.4. The summed E-state index contributed by atoms with van der Waals surface area (Å²) in [6, 6.07) is 80.8. The Labute approximate surface area is 413 Å². The number of para-hydroxylation sites is 2. The third-order valence-electron chi connectivity index (χ3n) is 15.5. The van der Waals surface area contributed by atoms with Crippen LogP contribution in [0.5, 0.6) is 0 Å². The van der Waals surface area contributed by atoms with E-state index in [2.05, 4.69) is 240 Å². The number of fused-ring (bicyclic) bond motifs is 15. The fourth-order valence-electron chi connectivity index (χ4n) is 12.0. The molecule has 0 saturated carbocycles. The number of hydrogen-bond donors (Lipinski definition) is 0. The molecule has 2 unspecified atom stereocenters. The zero-order chi connectivity index (χ0) is 46.2. The van der Waals surface area contributed by atoms with Gasteiger partial charge >= 0.3 is 417 Å². The van der Waals surface area contributed by atoms with Crippen LogP contribution in [-0.2, 0) is 0 Å². The van der Waals surface area contributed by atoms with Gasteiger partial charge in [-0.15, -0.1) is 0 Å². The third-order valence-corrected chi connectivity index (χ3v) is 27.4. The monoisotopic (exact) mass is 1020 g/mol. The Kier molecular flexibility index (Phi) is 8.81. The number of furan rings is 2. The van der Waals surface area contributed by atoms with Crippen LogP contribution in [0.3, 0.4) is 0 Å². The first kappa shape index (κ1) is 40.1. The molecule has 0 radical (unpaired) electrons. The van der Waals surface area contributed by atoms with Gasteiger partial charge in [0.15, 0.2) is 0 Å². The van der Waals surface area contributed by atoms with Gasteiger partial charge in [-0.3, -0.25) is 0 Å². The quantitative estimate of drug-likeness (QED) is 0.155. The molecule has 15 rings (SSSR count). The van der Waals surface area contributed by atoms with E-state index in [1.165, 1.54) is 44.4 Å². The molecule has 0 bridgehead atoms. The molecule has 2 aromatic heterocycles. The topological polar surface area (TPSA) is 32.8 Å². The van der Waals surface area contributed by atoms with Gasteiger partial charge in [0.25, 0.3) is 0 Å². The SMILES string of the molecule is [CH3][GeH]1[c]2ccccc2-c2ccc(N(c3ccccc3)c3ccc4cc5c(cc4c3)oc3c5ccc4c5cc6ccc(N(c7ccccc7)c7ccc8[c](c7)[GeH]([CH3])[c]7ccccc7-8)cc6cc5oc43)c[c]21. The summed E-state index contributed by atoms with van der Waals surface area (Å²) in [4.78, 5) is 4.80. The van der Waals surface area contributed by atoms with Gasteiger partial charge in [0.2, 0.25) is 0 Å². The molecule has 0 aliphatic carbocycles. The molecule has 0 fully saturated rings. The van der Waals surface area contributed by atoms with Crippen molar-refractivity contribution >= 4 is 146 Å². The summed E-state index contributed by atoms with van der Waals surface area (Å²) in [5.74, 6) is 5.02. The van der Waals surface area contributed by atoms with E-state index in [9.17, 15) is 0 Å². The third kappa shape index (κ3) is 6.03. The van der Waals surface area contributed by atoms with Gasteiger partial charge in [-0.25, -0.2) is 0 Å². The van der Waals surface area contributed by atoms with E-state index in [4.69, 9.17) is 8.83 Å². The molecule has 2 aliphatic rings. The minimum atomic E-state index is -1.89. The molecule has 11 aromatic carbocycles. The van der Waals surface area contributed by atoms with Crippen molar-refractivity contribution in [2.75, 3.05) is 9.80 Å². The number of hydrogen-bond acceptors (Lipinski definition) is 4. The second-order valence-electron chi connectivity index (χ2n) is 19.3. The molecular formula is C64H44Ge2N2O2. The molecule has 0 amide bonds. The van der Waals surface area contributed by atoms with E-state index >= 15 is 0 Å². The van der Waals surface area contributed by atoms with Crippen molar-refractivity contribution in [1.82, 2.24) is 0 Å². The average molecular weight is 1020 g/mol. The van der Waals surface area contributed by atoms with Crippen LogP contribution in [0.25, 0.3) is 87.7 Å². The van der Waals surface area contributed by atoms with Crippen molar-refractivity contribution in [2.24, 2.45) is 0 Å². The van der Waals surface area contributed by atoms with Crippen molar-refractivity contribution in [2.45, 2.75) is 11.5 Å². The van der Waals surface area contributed by atoms with E-state index in [-0.39, 0.29) is 0 Å². The predicted molar refractivity (Wildman–Crippen MR) is 301 cm³/mol. The van der Waals surface area contributed by atoms with E-state index in [1.807, 2.05) is 0 Å². The van der Waals surface area contributed by atoms with Gasteiger partial charge in [0, 0.05) is 0 Å². The molecule has 70 heavy (non-hydrogen) atoms. The van der Waals surface area contributed by atoms with E-state index < -0.39 is 28.7 Å². The normalized spacial score (nSPS) is 14.7. The number of benzene rings is 11. The van der Waals surface area contributed by atoms with Crippen LogP contribution in [-0.4, -0.2) is 28.7 Å². The van der Waals surface area contributed by atoms with Crippen molar-refractivity contribution in [3.05, 3.63) is 218 Å². The Morgan fingerprint density at radius 3 is 1.13 bits per heavy atom. The zero-order valence-electron chi connectivity index (χ0n) is 38.7. The van der Waals surface area contributed by atoms with Crippen molar-refractivity contribution < 1.29 is 8.83 Å². The molecule has 0 saturated heterocycles.